The number of carbonyl (C=O) groups excluding carboxylic acids is 1. The second-order valence-corrected chi connectivity index (χ2v) is 9.07. The maximum Gasteiger partial charge on any atom is 0.231 e. The first-order valence-corrected chi connectivity index (χ1v) is 11.0. The molecule has 34 heavy (non-hydrogen) atoms. The van der Waals surface area contributed by atoms with Gasteiger partial charge in [-0.25, -0.2) is 0 Å². The number of phenols is 1. The standard InChI is InChI=1S/C25H27NO8/c1-26(2)8-6-13-10-17-23(34-12-33-17)24(30-4)18(13)15(26)11-16(27)19-20(28)25(31-5)22-14(7-9-32-22)21(19)29-3/h7,9-10,15H,6,8,11-12H2,1-5H3/p+1. The van der Waals surface area contributed by atoms with Crippen LogP contribution in [0.25, 0.3) is 11.0 Å². The molecule has 3 heterocycles. The topological polar surface area (TPSA) is 96.6 Å². The molecule has 1 atom stereocenters. The van der Waals surface area contributed by atoms with Crippen molar-refractivity contribution >= 4 is 16.8 Å². The van der Waals surface area contributed by atoms with E-state index in [1.165, 1.54) is 20.5 Å². The summed E-state index contributed by atoms with van der Waals surface area (Å²) in [5.74, 6) is 1.58. The van der Waals surface area contributed by atoms with Crippen LogP contribution in [-0.2, 0) is 6.42 Å². The monoisotopic (exact) mass is 470 g/mol. The molecule has 0 spiro atoms. The molecule has 9 heteroatoms. The summed E-state index contributed by atoms with van der Waals surface area (Å²) >= 11 is 0. The molecule has 0 fully saturated rings. The van der Waals surface area contributed by atoms with Crippen LogP contribution in [0.1, 0.15) is 33.9 Å². The van der Waals surface area contributed by atoms with E-state index in [1.807, 2.05) is 6.07 Å². The molecule has 1 N–H and O–H groups in total. The summed E-state index contributed by atoms with van der Waals surface area (Å²) in [7, 11) is 8.65. The predicted octanol–water partition coefficient (Wildman–Crippen LogP) is 3.84. The van der Waals surface area contributed by atoms with Crippen molar-refractivity contribution < 1.29 is 42.5 Å². The summed E-state index contributed by atoms with van der Waals surface area (Å²) in [6.07, 6.45) is 2.38. The molecule has 2 aromatic carbocycles. The zero-order valence-electron chi connectivity index (χ0n) is 19.9. The van der Waals surface area contributed by atoms with Crippen molar-refractivity contribution in [1.82, 2.24) is 0 Å². The summed E-state index contributed by atoms with van der Waals surface area (Å²) < 4.78 is 34.1. The molecule has 5 rings (SSSR count). The number of nitrogens with zero attached hydrogens (tertiary/aromatic N) is 1. The van der Waals surface area contributed by atoms with Gasteiger partial charge >= 0.3 is 0 Å². The second kappa shape index (κ2) is 8.02. The van der Waals surface area contributed by atoms with Gasteiger partial charge in [-0.05, 0) is 17.7 Å². The Morgan fingerprint density at radius 2 is 1.85 bits per heavy atom. The molecule has 180 valence electrons. The van der Waals surface area contributed by atoms with Crippen LogP contribution in [0.5, 0.6) is 34.5 Å². The van der Waals surface area contributed by atoms with Crippen molar-refractivity contribution in [1.29, 1.82) is 0 Å². The summed E-state index contributed by atoms with van der Waals surface area (Å²) in [6, 6.07) is 3.41. The summed E-state index contributed by atoms with van der Waals surface area (Å²) in [6.45, 7) is 0.951. The van der Waals surface area contributed by atoms with Crippen molar-refractivity contribution in [3.63, 3.8) is 0 Å². The summed E-state index contributed by atoms with van der Waals surface area (Å²) in [5.41, 5.74) is 2.38. The Labute approximate surface area is 196 Å². The Bertz CT molecular complexity index is 1290. The van der Waals surface area contributed by atoms with Crippen LogP contribution in [0.4, 0.5) is 0 Å². The minimum atomic E-state index is -0.300. The molecular weight excluding hydrogens is 442 g/mol. The van der Waals surface area contributed by atoms with Crippen molar-refractivity contribution in [2.45, 2.75) is 18.9 Å². The molecule has 2 aliphatic heterocycles. The van der Waals surface area contributed by atoms with Crippen molar-refractivity contribution in [3.8, 4) is 34.5 Å². The third-order valence-corrected chi connectivity index (χ3v) is 6.94. The Kier molecular flexibility index (Phi) is 5.24. The number of methoxy groups -OCH3 is 3. The number of hydrogen-bond donors (Lipinski definition) is 1. The normalized spacial score (nSPS) is 18.0. The largest absolute Gasteiger partial charge is 0.504 e. The maximum atomic E-state index is 13.8. The van der Waals surface area contributed by atoms with Gasteiger partial charge in [0.25, 0.3) is 0 Å². The molecule has 0 bridgehead atoms. The fourth-order valence-electron chi connectivity index (χ4n) is 5.18. The van der Waals surface area contributed by atoms with Crippen LogP contribution in [0.2, 0.25) is 0 Å². The van der Waals surface area contributed by atoms with Crippen LogP contribution < -0.4 is 23.7 Å². The lowest BCUT2D eigenvalue weighted by Gasteiger charge is -2.43. The number of benzene rings is 2. The van der Waals surface area contributed by atoms with E-state index in [-0.39, 0.29) is 47.9 Å². The molecule has 0 aliphatic carbocycles. The van der Waals surface area contributed by atoms with E-state index in [9.17, 15) is 9.90 Å². The van der Waals surface area contributed by atoms with Gasteiger partial charge in [-0.3, -0.25) is 4.79 Å². The number of rotatable bonds is 6. The third-order valence-electron chi connectivity index (χ3n) is 6.94. The Morgan fingerprint density at radius 3 is 2.56 bits per heavy atom. The lowest BCUT2D eigenvalue weighted by atomic mass is 9.85. The average Bonchev–Trinajstić information content (AvgIpc) is 3.48. The number of fused-ring (bicyclic) bond motifs is 3. The van der Waals surface area contributed by atoms with Crippen LogP contribution in [0.15, 0.2) is 22.8 Å². The SMILES string of the molecule is COc1c2c(cc3c1C(CC(=O)c1c(O)c(OC)c4occc4c1OC)[N+](C)(C)CC3)OCO2. The highest BCUT2D eigenvalue weighted by Crippen LogP contribution is 2.52. The number of aromatic hydroxyl groups is 1. The van der Waals surface area contributed by atoms with Gasteiger partial charge in [0.1, 0.15) is 17.4 Å². The third kappa shape index (κ3) is 3.14. The van der Waals surface area contributed by atoms with E-state index >= 15 is 0 Å². The van der Waals surface area contributed by atoms with Crippen LogP contribution in [0.3, 0.4) is 0 Å². The molecule has 0 saturated carbocycles. The van der Waals surface area contributed by atoms with Gasteiger partial charge in [-0.2, -0.15) is 0 Å². The molecule has 9 nitrogen and oxygen atoms in total. The number of Topliss-reactive ketones (excluding diaryl/α,β-unsaturated/α-hetero) is 1. The highest BCUT2D eigenvalue weighted by molar-refractivity contribution is 6.09. The second-order valence-electron chi connectivity index (χ2n) is 9.07. The molecule has 2 aliphatic rings. The number of ether oxygens (including phenoxy) is 5. The van der Waals surface area contributed by atoms with Gasteiger partial charge in [0.05, 0.1) is 65.6 Å². The molecule has 0 amide bonds. The smallest absolute Gasteiger partial charge is 0.231 e. The molecule has 1 unspecified atom stereocenters. The fraction of sp³-hybridized carbons (Fsp3) is 0.400. The zero-order chi connectivity index (χ0) is 24.2. The molecular formula is C25H28NO8+. The van der Waals surface area contributed by atoms with E-state index in [0.717, 1.165) is 24.1 Å². The van der Waals surface area contributed by atoms with Crippen molar-refractivity contribution in [3.05, 3.63) is 35.1 Å². The first kappa shape index (κ1) is 22.2. The number of quaternary nitrogens is 1. The van der Waals surface area contributed by atoms with Gasteiger partial charge in [0, 0.05) is 6.42 Å². The van der Waals surface area contributed by atoms with Gasteiger partial charge in [-0.1, -0.05) is 0 Å². The van der Waals surface area contributed by atoms with Crippen LogP contribution >= 0.6 is 0 Å². The molecule has 0 radical (unpaired) electrons. The van der Waals surface area contributed by atoms with E-state index in [2.05, 4.69) is 14.1 Å². The van der Waals surface area contributed by atoms with E-state index < -0.39 is 0 Å². The van der Waals surface area contributed by atoms with Gasteiger partial charge < -0.3 is 37.7 Å². The lowest BCUT2D eigenvalue weighted by molar-refractivity contribution is -0.922. The van der Waals surface area contributed by atoms with E-state index in [4.69, 9.17) is 28.1 Å². The minimum absolute atomic E-state index is 0.0695. The van der Waals surface area contributed by atoms with Crippen LogP contribution in [-0.4, -0.2) is 64.1 Å². The van der Waals surface area contributed by atoms with E-state index in [1.54, 1.807) is 13.2 Å². The van der Waals surface area contributed by atoms with Gasteiger partial charge in [0.15, 0.2) is 28.6 Å². The highest BCUT2D eigenvalue weighted by Gasteiger charge is 2.43. The molecule has 3 aromatic rings. The molecule has 1 aromatic heterocycles. The number of ketones is 1. The summed E-state index contributed by atoms with van der Waals surface area (Å²) in [5, 5.41) is 11.6. The van der Waals surface area contributed by atoms with E-state index in [0.29, 0.717) is 32.7 Å². The average molecular weight is 470 g/mol. The number of carbonyl (C=O) groups is 1. The Balaban J connectivity index is 1.64. The minimum Gasteiger partial charge on any atom is -0.504 e. The van der Waals surface area contributed by atoms with Crippen molar-refractivity contribution in [2.75, 3.05) is 48.8 Å². The number of phenolic OH excluding ortho intramolecular Hbond substituents is 1. The quantitative estimate of drug-likeness (QED) is 0.429. The summed E-state index contributed by atoms with van der Waals surface area (Å²) in [4.78, 5) is 13.8. The van der Waals surface area contributed by atoms with Gasteiger partial charge in [-0.15, -0.1) is 0 Å². The maximum absolute atomic E-state index is 13.8. The lowest BCUT2D eigenvalue weighted by Crippen LogP contribution is -2.48. The number of hydrogen-bond acceptors (Lipinski definition) is 8. The number of furan rings is 1. The van der Waals surface area contributed by atoms with Gasteiger partial charge in [0.2, 0.25) is 18.3 Å². The fourth-order valence-corrected chi connectivity index (χ4v) is 5.18. The Morgan fingerprint density at radius 1 is 1.12 bits per heavy atom. The predicted molar refractivity (Wildman–Crippen MR) is 122 cm³/mol. The number of likely N-dealkylation sites (N-methyl/N-ethyl adjacent to an activating group) is 1. The first-order valence-electron chi connectivity index (χ1n) is 11.0. The van der Waals surface area contributed by atoms with Crippen LogP contribution in [0, 0.1) is 0 Å². The van der Waals surface area contributed by atoms with Crippen molar-refractivity contribution in [2.24, 2.45) is 0 Å². The Hall–Kier alpha value is -3.59. The first-order chi connectivity index (χ1) is 16.3. The molecule has 0 saturated heterocycles. The highest BCUT2D eigenvalue weighted by atomic mass is 16.7. The zero-order valence-corrected chi connectivity index (χ0v) is 19.9.